The Labute approximate surface area is 138 Å². The van der Waals surface area contributed by atoms with Crippen LogP contribution < -0.4 is 0 Å². The number of hydrogen-bond donors (Lipinski definition) is 2. The van der Waals surface area contributed by atoms with E-state index in [9.17, 15) is 9.90 Å². The van der Waals surface area contributed by atoms with Gasteiger partial charge in [0.15, 0.2) is 0 Å². The summed E-state index contributed by atoms with van der Waals surface area (Å²) in [5.41, 5.74) is 2.95. The molecule has 1 amide bonds. The third-order valence-electron chi connectivity index (χ3n) is 5.06. The van der Waals surface area contributed by atoms with Crippen LogP contribution in [0.15, 0.2) is 0 Å². The number of piperidine rings is 1. The molecule has 2 N–H and O–H groups in total. The smallest absolute Gasteiger partial charge is 0.222 e. The number of aliphatic hydroxyl groups excluding tert-OH is 1. The number of ether oxygens (including phenoxy) is 1. The predicted octanol–water partition coefficient (Wildman–Crippen LogP) is 1.60. The highest BCUT2D eigenvalue weighted by molar-refractivity contribution is 5.76. The molecule has 1 aliphatic heterocycles. The highest BCUT2D eigenvalue weighted by atomic mass is 16.5. The van der Waals surface area contributed by atoms with Crippen molar-refractivity contribution in [3.8, 4) is 0 Å². The summed E-state index contributed by atoms with van der Waals surface area (Å²) in [7, 11) is 1.67. The first-order chi connectivity index (χ1) is 11.0. The highest BCUT2D eigenvalue weighted by Crippen LogP contribution is 2.33. The molecule has 6 heteroatoms. The minimum absolute atomic E-state index is 0.111. The van der Waals surface area contributed by atoms with Gasteiger partial charge in [0.05, 0.1) is 12.3 Å². The maximum atomic E-state index is 12.6. The van der Waals surface area contributed by atoms with Gasteiger partial charge in [-0.1, -0.05) is 0 Å². The molecule has 1 saturated heterocycles. The molecule has 1 unspecified atom stereocenters. The molecule has 2 heterocycles. The van der Waals surface area contributed by atoms with E-state index in [0.717, 1.165) is 42.8 Å². The van der Waals surface area contributed by atoms with Gasteiger partial charge in [-0.2, -0.15) is 5.10 Å². The molecule has 0 spiro atoms. The Hall–Kier alpha value is -1.40. The maximum absolute atomic E-state index is 12.6. The number of likely N-dealkylation sites (tertiary alicyclic amines) is 1. The number of nitrogens with zero attached hydrogens (tertiary/aromatic N) is 2. The normalized spacial score (nSPS) is 21.7. The van der Waals surface area contributed by atoms with Gasteiger partial charge in [0.25, 0.3) is 0 Å². The van der Waals surface area contributed by atoms with Crippen LogP contribution in [0.2, 0.25) is 0 Å². The van der Waals surface area contributed by atoms with Gasteiger partial charge in [-0.05, 0) is 45.1 Å². The monoisotopic (exact) mass is 323 g/mol. The molecule has 130 valence electrons. The number of amides is 1. The van der Waals surface area contributed by atoms with Crippen LogP contribution in [-0.4, -0.2) is 59.5 Å². The van der Waals surface area contributed by atoms with E-state index >= 15 is 0 Å². The zero-order valence-corrected chi connectivity index (χ0v) is 14.5. The van der Waals surface area contributed by atoms with Gasteiger partial charge in [-0.15, -0.1) is 0 Å². The van der Waals surface area contributed by atoms with Crippen LogP contribution in [-0.2, 0) is 16.0 Å². The van der Waals surface area contributed by atoms with Gasteiger partial charge < -0.3 is 14.7 Å². The first-order valence-electron chi connectivity index (χ1n) is 8.39. The predicted molar refractivity (Wildman–Crippen MR) is 88.2 cm³/mol. The second-order valence-corrected chi connectivity index (χ2v) is 6.73. The summed E-state index contributed by atoms with van der Waals surface area (Å²) in [6, 6.07) is 0. The number of H-pyrrole nitrogens is 1. The third kappa shape index (κ3) is 4.32. The summed E-state index contributed by atoms with van der Waals surface area (Å²) < 4.78 is 5.16. The van der Waals surface area contributed by atoms with Crippen molar-refractivity contribution >= 4 is 5.91 Å². The minimum Gasteiger partial charge on any atom is -0.396 e. The van der Waals surface area contributed by atoms with Gasteiger partial charge in [0.1, 0.15) is 0 Å². The fourth-order valence-electron chi connectivity index (χ4n) is 3.48. The van der Waals surface area contributed by atoms with E-state index in [2.05, 4.69) is 10.2 Å². The lowest BCUT2D eigenvalue weighted by atomic mass is 9.78. The second-order valence-electron chi connectivity index (χ2n) is 6.73. The van der Waals surface area contributed by atoms with E-state index in [1.54, 1.807) is 7.11 Å². The third-order valence-corrected chi connectivity index (χ3v) is 5.06. The van der Waals surface area contributed by atoms with E-state index in [1.165, 1.54) is 0 Å². The molecule has 0 saturated carbocycles. The van der Waals surface area contributed by atoms with Crippen LogP contribution in [0, 0.1) is 19.3 Å². The molecule has 0 aromatic carbocycles. The molecule has 1 atom stereocenters. The fourth-order valence-corrected chi connectivity index (χ4v) is 3.48. The average Bonchev–Trinajstić information content (AvgIpc) is 2.89. The van der Waals surface area contributed by atoms with Crippen molar-refractivity contribution in [3.05, 3.63) is 17.0 Å². The Morgan fingerprint density at radius 1 is 1.48 bits per heavy atom. The van der Waals surface area contributed by atoms with Crippen LogP contribution >= 0.6 is 0 Å². The van der Waals surface area contributed by atoms with Crippen LogP contribution in [0.1, 0.15) is 42.6 Å². The van der Waals surface area contributed by atoms with Crippen molar-refractivity contribution in [3.63, 3.8) is 0 Å². The number of rotatable bonds is 7. The highest BCUT2D eigenvalue weighted by Gasteiger charge is 2.36. The lowest BCUT2D eigenvalue weighted by molar-refractivity contribution is -0.136. The lowest BCUT2D eigenvalue weighted by Crippen LogP contribution is -2.48. The van der Waals surface area contributed by atoms with Crippen molar-refractivity contribution in [2.75, 3.05) is 33.4 Å². The van der Waals surface area contributed by atoms with Crippen molar-refractivity contribution < 1.29 is 14.6 Å². The molecule has 0 bridgehead atoms. The summed E-state index contributed by atoms with van der Waals surface area (Å²) in [4.78, 5) is 14.5. The van der Waals surface area contributed by atoms with E-state index < -0.39 is 0 Å². The number of methoxy groups -OCH3 is 1. The Bertz CT molecular complexity index is 510. The SMILES string of the molecule is COCCC1(CO)CCCN(C(=O)CCc2c(C)n[nH]c2C)C1. The number of nitrogens with one attached hydrogen (secondary N) is 1. The maximum Gasteiger partial charge on any atom is 0.222 e. The van der Waals surface area contributed by atoms with E-state index in [4.69, 9.17) is 4.74 Å². The van der Waals surface area contributed by atoms with Gasteiger partial charge in [-0.25, -0.2) is 0 Å². The number of hydrogen-bond acceptors (Lipinski definition) is 4. The Morgan fingerprint density at radius 2 is 2.26 bits per heavy atom. The summed E-state index contributed by atoms with van der Waals surface area (Å²) in [6.45, 7) is 6.11. The van der Waals surface area contributed by atoms with Crippen molar-refractivity contribution in [1.82, 2.24) is 15.1 Å². The zero-order chi connectivity index (χ0) is 16.9. The summed E-state index contributed by atoms with van der Waals surface area (Å²) in [6.07, 6.45) is 3.90. The molecule has 1 aromatic rings. The van der Waals surface area contributed by atoms with Crippen molar-refractivity contribution in [1.29, 1.82) is 0 Å². The number of aliphatic hydroxyl groups is 1. The Balaban J connectivity index is 1.93. The first kappa shape index (κ1) is 17.9. The number of carbonyl (C=O) groups excluding carboxylic acids is 1. The largest absolute Gasteiger partial charge is 0.396 e. The molecule has 2 rings (SSSR count). The van der Waals surface area contributed by atoms with Gasteiger partial charge in [-0.3, -0.25) is 9.89 Å². The average molecular weight is 323 g/mol. The molecule has 6 nitrogen and oxygen atoms in total. The lowest BCUT2D eigenvalue weighted by Gasteiger charge is -2.42. The van der Waals surface area contributed by atoms with Crippen molar-refractivity contribution in [2.45, 2.75) is 46.0 Å². The van der Waals surface area contributed by atoms with Gasteiger partial charge >= 0.3 is 0 Å². The van der Waals surface area contributed by atoms with E-state index in [1.807, 2.05) is 18.7 Å². The van der Waals surface area contributed by atoms with Crippen LogP contribution in [0.25, 0.3) is 0 Å². The van der Waals surface area contributed by atoms with Gasteiger partial charge in [0, 0.05) is 44.3 Å². The first-order valence-corrected chi connectivity index (χ1v) is 8.39. The molecule has 1 aliphatic rings. The topological polar surface area (TPSA) is 78.5 Å². The number of aromatic nitrogens is 2. The molecule has 1 aromatic heterocycles. The standard InChI is InChI=1S/C17H29N3O3/c1-13-15(14(2)19-18-13)5-6-16(22)20-9-4-7-17(11-20,12-21)8-10-23-3/h21H,4-12H2,1-3H3,(H,18,19). The molecule has 23 heavy (non-hydrogen) atoms. The summed E-state index contributed by atoms with van der Waals surface area (Å²) >= 11 is 0. The molecule has 1 fully saturated rings. The number of aryl methyl sites for hydroxylation is 2. The Morgan fingerprint density at radius 3 is 2.87 bits per heavy atom. The molecule has 0 radical (unpaired) electrons. The van der Waals surface area contributed by atoms with Crippen LogP contribution in [0.3, 0.4) is 0 Å². The van der Waals surface area contributed by atoms with Gasteiger partial charge in [0.2, 0.25) is 5.91 Å². The van der Waals surface area contributed by atoms with Crippen LogP contribution in [0.5, 0.6) is 0 Å². The van der Waals surface area contributed by atoms with Crippen molar-refractivity contribution in [2.24, 2.45) is 5.41 Å². The molecular formula is C17H29N3O3. The minimum atomic E-state index is -0.203. The quantitative estimate of drug-likeness (QED) is 0.799. The number of carbonyl (C=O) groups is 1. The van der Waals surface area contributed by atoms with E-state index in [0.29, 0.717) is 26.0 Å². The Kier molecular flexibility index (Phi) is 6.18. The summed E-state index contributed by atoms with van der Waals surface area (Å²) in [5, 5.41) is 17.0. The molecule has 0 aliphatic carbocycles. The number of aromatic amines is 1. The van der Waals surface area contributed by atoms with Crippen LogP contribution in [0.4, 0.5) is 0 Å². The zero-order valence-electron chi connectivity index (χ0n) is 14.5. The fraction of sp³-hybridized carbons (Fsp3) is 0.765. The second kappa shape index (κ2) is 7.93. The van der Waals surface area contributed by atoms with E-state index in [-0.39, 0.29) is 17.9 Å². The molecular weight excluding hydrogens is 294 g/mol. The summed E-state index contributed by atoms with van der Waals surface area (Å²) in [5.74, 6) is 0.167.